The smallest absolute Gasteiger partial charge is 0.280 e. The van der Waals surface area contributed by atoms with Crippen LogP contribution in [0, 0.1) is 6.92 Å². The zero-order valence-corrected chi connectivity index (χ0v) is 24.1. The van der Waals surface area contributed by atoms with Gasteiger partial charge in [0.15, 0.2) is 0 Å². The van der Waals surface area contributed by atoms with Crippen LogP contribution in [0.25, 0.3) is 71.8 Å². The van der Waals surface area contributed by atoms with Crippen molar-refractivity contribution in [3.05, 3.63) is 162 Å². The zero-order chi connectivity index (χ0) is 29.4. The summed E-state index contributed by atoms with van der Waals surface area (Å²) >= 11 is 0. The second-order valence-corrected chi connectivity index (χ2v) is 11.4. The minimum Gasteiger partial charge on any atom is -0.309 e. The molecule has 0 fully saturated rings. The van der Waals surface area contributed by atoms with E-state index in [1.807, 2.05) is 53.1 Å². The minimum atomic E-state index is -0.0136. The summed E-state index contributed by atoms with van der Waals surface area (Å²) in [6, 6.07) is 50.6. The Balaban J connectivity index is 1.29. The molecule has 0 aliphatic heterocycles. The van der Waals surface area contributed by atoms with Crippen molar-refractivity contribution in [2.75, 3.05) is 0 Å². The number of aryl methyl sites for hydroxylation is 1. The molecule has 3 heterocycles. The number of hydrogen-bond acceptors (Lipinski definition) is 1. The molecule has 0 saturated heterocycles. The molecule has 0 unspecified atom stereocenters. The fourth-order valence-electron chi connectivity index (χ4n) is 7.03. The predicted molar refractivity (Wildman–Crippen MR) is 183 cm³/mol. The van der Waals surface area contributed by atoms with E-state index in [9.17, 15) is 4.79 Å². The maximum atomic E-state index is 14.2. The van der Waals surface area contributed by atoms with E-state index in [-0.39, 0.29) is 5.56 Å². The Bertz CT molecular complexity index is 2620. The van der Waals surface area contributed by atoms with Gasteiger partial charge in [0.25, 0.3) is 5.56 Å². The third kappa shape index (κ3) is 3.42. The van der Waals surface area contributed by atoms with Gasteiger partial charge in [-0.25, -0.2) is 0 Å². The van der Waals surface area contributed by atoms with Crippen molar-refractivity contribution >= 4 is 49.3 Å². The summed E-state index contributed by atoms with van der Waals surface area (Å²) < 4.78 is 6.32. The van der Waals surface area contributed by atoms with Gasteiger partial charge in [-0.3, -0.25) is 9.36 Å². The summed E-state index contributed by atoms with van der Waals surface area (Å²) in [7, 11) is 0. The van der Waals surface area contributed by atoms with Gasteiger partial charge in [0, 0.05) is 27.5 Å². The van der Waals surface area contributed by atoms with E-state index in [0.29, 0.717) is 5.52 Å². The molecule has 208 valence electrons. The highest BCUT2D eigenvalue weighted by atomic mass is 16.1. The lowest BCUT2D eigenvalue weighted by Crippen LogP contribution is -2.21. The molecule has 4 heteroatoms. The van der Waals surface area contributed by atoms with Crippen molar-refractivity contribution in [1.82, 2.24) is 13.5 Å². The normalized spacial score (nSPS) is 11.8. The monoisotopic (exact) mass is 565 g/mol. The average Bonchev–Trinajstić information content (AvgIpc) is 3.57. The summed E-state index contributed by atoms with van der Waals surface area (Å²) in [5, 5.41) is 3.54. The van der Waals surface area contributed by atoms with E-state index in [1.165, 1.54) is 21.8 Å². The van der Waals surface area contributed by atoms with Gasteiger partial charge in [-0.1, -0.05) is 78.9 Å². The van der Waals surface area contributed by atoms with Crippen molar-refractivity contribution < 1.29 is 0 Å². The van der Waals surface area contributed by atoms with Gasteiger partial charge < -0.3 is 8.97 Å². The van der Waals surface area contributed by atoms with E-state index in [1.54, 1.807) is 0 Å². The van der Waals surface area contributed by atoms with Crippen LogP contribution in [0.2, 0.25) is 0 Å². The fourth-order valence-corrected chi connectivity index (χ4v) is 7.03. The second-order valence-electron chi connectivity index (χ2n) is 11.4. The number of hydrogen-bond donors (Lipinski definition) is 0. The van der Waals surface area contributed by atoms with Crippen LogP contribution in [0.3, 0.4) is 0 Å². The van der Waals surface area contributed by atoms with Gasteiger partial charge in [0.2, 0.25) is 0 Å². The fraction of sp³-hybridized carbons (Fsp3) is 0.0250. The van der Waals surface area contributed by atoms with Gasteiger partial charge in [-0.15, -0.1) is 0 Å². The zero-order valence-electron chi connectivity index (χ0n) is 24.1. The number of aromatic nitrogens is 3. The van der Waals surface area contributed by atoms with Crippen LogP contribution in [0.5, 0.6) is 0 Å². The van der Waals surface area contributed by atoms with Crippen molar-refractivity contribution in [3.63, 3.8) is 0 Å². The van der Waals surface area contributed by atoms with Crippen molar-refractivity contribution in [2.45, 2.75) is 6.92 Å². The van der Waals surface area contributed by atoms with Gasteiger partial charge in [0.1, 0.15) is 5.52 Å². The lowest BCUT2D eigenvalue weighted by atomic mass is 10.0. The van der Waals surface area contributed by atoms with E-state index < -0.39 is 0 Å². The topological polar surface area (TPSA) is 31.3 Å². The van der Waals surface area contributed by atoms with Gasteiger partial charge >= 0.3 is 0 Å². The molecule has 0 N–H and O–H groups in total. The van der Waals surface area contributed by atoms with Crippen molar-refractivity contribution in [3.8, 4) is 22.5 Å². The van der Waals surface area contributed by atoms with Crippen molar-refractivity contribution in [2.24, 2.45) is 0 Å². The van der Waals surface area contributed by atoms with E-state index in [0.717, 1.165) is 50.0 Å². The van der Waals surface area contributed by atoms with Crippen LogP contribution in [0.1, 0.15) is 5.56 Å². The predicted octanol–water partition coefficient (Wildman–Crippen LogP) is 9.47. The van der Waals surface area contributed by atoms with Crippen LogP contribution in [0.15, 0.2) is 150 Å². The number of fused-ring (bicyclic) bond motifs is 8. The highest BCUT2D eigenvalue weighted by Gasteiger charge is 2.19. The molecule has 9 rings (SSSR count). The summed E-state index contributed by atoms with van der Waals surface area (Å²) in [4.78, 5) is 14.2. The van der Waals surface area contributed by atoms with E-state index >= 15 is 0 Å². The third-order valence-corrected chi connectivity index (χ3v) is 9.02. The van der Waals surface area contributed by atoms with Gasteiger partial charge in [0.05, 0.1) is 27.6 Å². The van der Waals surface area contributed by atoms with Gasteiger partial charge in [-0.05, 0) is 90.3 Å². The molecule has 6 aromatic carbocycles. The molecule has 0 saturated carbocycles. The Labute approximate surface area is 253 Å². The van der Waals surface area contributed by atoms with E-state index in [2.05, 4.69) is 113 Å². The first-order valence-electron chi connectivity index (χ1n) is 14.9. The van der Waals surface area contributed by atoms with Crippen LogP contribution in [0.4, 0.5) is 0 Å². The van der Waals surface area contributed by atoms with Gasteiger partial charge in [-0.2, -0.15) is 0 Å². The molecule has 0 radical (unpaired) electrons. The number of para-hydroxylation sites is 5. The molecule has 4 nitrogen and oxygen atoms in total. The molecule has 0 atom stereocenters. The van der Waals surface area contributed by atoms with Crippen LogP contribution >= 0.6 is 0 Å². The summed E-state index contributed by atoms with van der Waals surface area (Å²) in [6.07, 6.45) is 0. The number of benzene rings is 6. The second kappa shape index (κ2) is 9.32. The highest BCUT2D eigenvalue weighted by Crippen LogP contribution is 2.37. The molecule has 44 heavy (non-hydrogen) atoms. The maximum Gasteiger partial charge on any atom is 0.280 e. The Morgan fingerprint density at radius 2 is 0.955 bits per heavy atom. The maximum absolute atomic E-state index is 14.2. The average molecular weight is 566 g/mol. The first-order valence-corrected chi connectivity index (χ1v) is 14.9. The molecule has 0 spiro atoms. The molecular formula is C40H27N3O. The summed E-state index contributed by atoms with van der Waals surface area (Å²) in [6.45, 7) is 2.07. The quantitative estimate of drug-likeness (QED) is 0.210. The molecule has 3 aromatic heterocycles. The van der Waals surface area contributed by atoms with Crippen LogP contribution in [-0.4, -0.2) is 13.5 Å². The SMILES string of the molecule is Cc1c2cc(-c3ccc4c(c3)c3ccccc3n4-c3ccccc3)ccc2n2c1c(=O)n(-c1ccccc1)c1ccccc12. The number of nitrogens with zero attached hydrogens (tertiary/aromatic N) is 3. The molecule has 0 aliphatic rings. The lowest BCUT2D eigenvalue weighted by Gasteiger charge is -2.13. The molecule has 9 aromatic rings. The minimum absolute atomic E-state index is 0.0136. The molecule has 0 bridgehead atoms. The Hall–Kier alpha value is -5.87. The van der Waals surface area contributed by atoms with E-state index in [4.69, 9.17) is 0 Å². The van der Waals surface area contributed by atoms with Crippen LogP contribution < -0.4 is 5.56 Å². The highest BCUT2D eigenvalue weighted by molar-refractivity contribution is 6.10. The number of rotatable bonds is 3. The summed E-state index contributed by atoms with van der Waals surface area (Å²) in [5.74, 6) is 0. The Morgan fingerprint density at radius 1 is 0.432 bits per heavy atom. The summed E-state index contributed by atoms with van der Waals surface area (Å²) in [5.41, 5.74) is 11.3. The lowest BCUT2D eigenvalue weighted by molar-refractivity contribution is 1.03. The van der Waals surface area contributed by atoms with Crippen LogP contribution in [-0.2, 0) is 0 Å². The molecular weight excluding hydrogens is 538 g/mol. The van der Waals surface area contributed by atoms with Crippen molar-refractivity contribution in [1.29, 1.82) is 0 Å². The standard InChI is InChI=1S/C40H27N3O/c1-26-32-24-27(28-21-23-36-33(25-28)31-16-8-9-17-34(31)41(36)29-12-4-2-5-13-29)20-22-35(32)43-38-19-11-10-18-37(38)42(40(44)39(26)43)30-14-6-3-7-15-30/h2-25H,1H3. The Kier molecular flexibility index (Phi) is 5.23. The first-order chi connectivity index (χ1) is 21.7. The largest absolute Gasteiger partial charge is 0.309 e. The Morgan fingerprint density at radius 3 is 1.66 bits per heavy atom. The molecule has 0 amide bonds. The third-order valence-electron chi connectivity index (χ3n) is 9.02. The molecule has 0 aliphatic carbocycles. The first kappa shape index (κ1) is 24.7.